The minimum atomic E-state index is -0.829. The van der Waals surface area contributed by atoms with E-state index < -0.39 is 5.30 Å². The first-order valence-electron chi connectivity index (χ1n) is 17.8. The van der Waals surface area contributed by atoms with Crippen LogP contribution in [0.5, 0.6) is 5.75 Å². The number of hydrogen-bond donors (Lipinski definition) is 1. The molecule has 0 aliphatic carbocycles. The van der Waals surface area contributed by atoms with E-state index in [9.17, 15) is 14.4 Å². The van der Waals surface area contributed by atoms with Gasteiger partial charge in [-0.15, -0.1) is 0 Å². The molecule has 0 bridgehead atoms. The average molecular weight is 679 g/mol. The molecule has 2 heterocycles. The van der Waals surface area contributed by atoms with E-state index in [0.29, 0.717) is 30.8 Å². The molecule has 2 saturated heterocycles. The molecule has 1 aromatic rings. The van der Waals surface area contributed by atoms with Gasteiger partial charge in [-0.1, -0.05) is 38.8 Å². The van der Waals surface area contributed by atoms with Gasteiger partial charge in [0.05, 0.1) is 13.2 Å². The van der Waals surface area contributed by atoms with Gasteiger partial charge in [-0.05, 0) is 140 Å². The Labute approximate surface area is 290 Å². The predicted molar refractivity (Wildman–Crippen MR) is 197 cm³/mol. The SMILES string of the molecule is CCCCN(C)CCCCN(C)C.CCCCOc1ccc(C2CC(CCCN3CCCC3=O)N(CC=O)C2)cc1C.CSC(=O)O. The van der Waals surface area contributed by atoms with Crippen molar-refractivity contribution in [2.75, 3.05) is 79.8 Å². The molecule has 2 aliphatic rings. The van der Waals surface area contributed by atoms with Gasteiger partial charge in [-0.3, -0.25) is 9.69 Å². The normalized spacial score (nSPS) is 17.8. The van der Waals surface area contributed by atoms with Crippen molar-refractivity contribution >= 4 is 29.3 Å². The van der Waals surface area contributed by atoms with Crippen molar-refractivity contribution in [2.24, 2.45) is 0 Å². The maximum atomic E-state index is 11.8. The quantitative estimate of drug-likeness (QED) is 0.122. The Morgan fingerprint density at radius 1 is 1.06 bits per heavy atom. The molecule has 2 aliphatic heterocycles. The lowest BCUT2D eigenvalue weighted by molar-refractivity contribution is -0.127. The number of nitrogens with zero attached hydrogens (tertiary/aromatic N) is 4. The second-order valence-electron chi connectivity index (χ2n) is 13.2. The number of ether oxygens (including phenoxy) is 1. The maximum absolute atomic E-state index is 11.8. The number of carbonyl (C=O) groups excluding carboxylic acids is 2. The molecule has 47 heavy (non-hydrogen) atoms. The molecule has 9 nitrogen and oxygen atoms in total. The molecule has 0 aromatic heterocycles. The van der Waals surface area contributed by atoms with Crippen molar-refractivity contribution in [2.45, 2.75) is 103 Å². The fourth-order valence-electron chi connectivity index (χ4n) is 6.07. The highest BCUT2D eigenvalue weighted by Gasteiger charge is 2.32. The molecule has 0 radical (unpaired) electrons. The molecule has 1 N–H and O–H groups in total. The van der Waals surface area contributed by atoms with Gasteiger partial charge in [0.15, 0.2) is 0 Å². The summed E-state index contributed by atoms with van der Waals surface area (Å²) in [5.74, 6) is 1.74. The lowest BCUT2D eigenvalue weighted by Crippen LogP contribution is -2.32. The third-order valence-electron chi connectivity index (χ3n) is 8.86. The van der Waals surface area contributed by atoms with E-state index in [1.165, 1.54) is 62.7 Å². The van der Waals surface area contributed by atoms with Crippen LogP contribution < -0.4 is 4.74 Å². The molecule has 1 aromatic carbocycles. The van der Waals surface area contributed by atoms with Crippen LogP contribution in [0, 0.1) is 6.92 Å². The van der Waals surface area contributed by atoms with Gasteiger partial charge in [-0.2, -0.15) is 0 Å². The van der Waals surface area contributed by atoms with Gasteiger partial charge in [-0.25, -0.2) is 4.79 Å². The first-order chi connectivity index (χ1) is 22.6. The van der Waals surface area contributed by atoms with Crippen molar-refractivity contribution in [3.63, 3.8) is 0 Å². The third kappa shape index (κ3) is 18.8. The zero-order valence-corrected chi connectivity index (χ0v) is 31.5. The average Bonchev–Trinajstić information content (AvgIpc) is 3.65. The van der Waals surface area contributed by atoms with E-state index in [1.807, 2.05) is 4.90 Å². The van der Waals surface area contributed by atoms with Crippen molar-refractivity contribution < 1.29 is 24.2 Å². The number of unbranched alkanes of at least 4 members (excludes halogenated alkanes) is 3. The van der Waals surface area contributed by atoms with Crippen molar-refractivity contribution in [3.05, 3.63) is 29.3 Å². The number of carbonyl (C=O) groups is 3. The highest BCUT2D eigenvalue weighted by molar-refractivity contribution is 8.12. The monoisotopic (exact) mass is 678 g/mol. The van der Waals surface area contributed by atoms with Crippen molar-refractivity contribution in [3.8, 4) is 5.75 Å². The molecule has 270 valence electrons. The Morgan fingerprint density at radius 2 is 1.74 bits per heavy atom. The smallest absolute Gasteiger partial charge is 0.364 e. The number of likely N-dealkylation sites (tertiary alicyclic amines) is 2. The summed E-state index contributed by atoms with van der Waals surface area (Å²) in [6.45, 7) is 14.3. The molecule has 2 atom stereocenters. The van der Waals surface area contributed by atoms with E-state index in [0.717, 1.165) is 88.6 Å². The summed E-state index contributed by atoms with van der Waals surface area (Å²) >= 11 is 0.796. The Morgan fingerprint density at radius 3 is 2.32 bits per heavy atom. The first kappa shape index (κ1) is 42.9. The lowest BCUT2D eigenvalue weighted by Gasteiger charge is -2.23. The van der Waals surface area contributed by atoms with Crippen LogP contribution in [-0.2, 0) is 9.59 Å². The van der Waals surface area contributed by atoms with Crippen LogP contribution in [-0.4, -0.2) is 128 Å². The topological polar surface area (TPSA) is 93.6 Å². The van der Waals surface area contributed by atoms with Crippen LogP contribution in [0.4, 0.5) is 4.79 Å². The van der Waals surface area contributed by atoms with Gasteiger partial charge in [0.25, 0.3) is 0 Å². The molecular weight excluding hydrogens is 612 g/mol. The summed E-state index contributed by atoms with van der Waals surface area (Å²) < 4.78 is 5.90. The Balaban J connectivity index is 0.000000510. The van der Waals surface area contributed by atoms with E-state index >= 15 is 0 Å². The third-order valence-corrected chi connectivity index (χ3v) is 9.21. The van der Waals surface area contributed by atoms with Gasteiger partial charge in [0.1, 0.15) is 12.0 Å². The molecule has 2 fully saturated rings. The molecule has 0 spiro atoms. The lowest BCUT2D eigenvalue weighted by atomic mass is 9.93. The summed E-state index contributed by atoms with van der Waals surface area (Å²) in [7, 11) is 6.51. The molecule has 1 amide bonds. The second-order valence-corrected chi connectivity index (χ2v) is 14.0. The van der Waals surface area contributed by atoms with Crippen LogP contribution in [0.15, 0.2) is 18.2 Å². The van der Waals surface area contributed by atoms with Crippen molar-refractivity contribution in [1.29, 1.82) is 0 Å². The molecule has 10 heteroatoms. The van der Waals surface area contributed by atoms with Crippen LogP contribution in [0.25, 0.3) is 0 Å². The largest absolute Gasteiger partial charge is 0.493 e. The minimum Gasteiger partial charge on any atom is -0.493 e. The highest BCUT2D eigenvalue weighted by Crippen LogP contribution is 2.35. The molecule has 0 saturated carbocycles. The molecular formula is C37H66N4O5S. The molecule has 3 rings (SSSR count). The zero-order chi connectivity index (χ0) is 35.0. The number of benzene rings is 1. The van der Waals surface area contributed by atoms with E-state index in [-0.39, 0.29) is 0 Å². The van der Waals surface area contributed by atoms with Gasteiger partial charge < -0.3 is 29.3 Å². The number of thioether (sulfide) groups is 1. The number of rotatable bonds is 19. The van der Waals surface area contributed by atoms with Crippen LogP contribution in [0.2, 0.25) is 0 Å². The zero-order valence-electron chi connectivity index (χ0n) is 30.7. The fourth-order valence-corrected chi connectivity index (χ4v) is 6.07. The number of aryl methyl sites for hydroxylation is 1. The second kappa shape index (κ2) is 25.8. The van der Waals surface area contributed by atoms with Crippen LogP contribution >= 0.6 is 11.8 Å². The van der Waals surface area contributed by atoms with Crippen LogP contribution in [0.1, 0.15) is 102 Å². The summed E-state index contributed by atoms with van der Waals surface area (Å²) in [5, 5.41) is 6.86. The fraction of sp³-hybridized carbons (Fsp3) is 0.757. The Kier molecular flexibility index (Phi) is 23.6. The summed E-state index contributed by atoms with van der Waals surface area (Å²) in [4.78, 5) is 41.3. The highest BCUT2D eigenvalue weighted by atomic mass is 32.2. The number of carboxylic acid groups (broad SMARTS) is 1. The Bertz CT molecular complexity index is 1010. The van der Waals surface area contributed by atoms with Gasteiger partial charge in [0.2, 0.25) is 5.91 Å². The van der Waals surface area contributed by atoms with E-state index in [1.54, 1.807) is 0 Å². The Hall–Kier alpha value is -2.14. The number of amides is 1. The summed E-state index contributed by atoms with van der Waals surface area (Å²) in [5.41, 5.74) is 2.54. The van der Waals surface area contributed by atoms with Gasteiger partial charge in [0, 0.05) is 32.1 Å². The summed E-state index contributed by atoms with van der Waals surface area (Å²) in [6.07, 6.45) is 14.9. The number of hydrogen-bond acceptors (Lipinski definition) is 8. The standard InChI is InChI=1S/C24H36N2O3.C11H26N2.C2H4O2S/c1-3-4-15-29-23-10-9-20(16-19(23)2)21-17-22(26(18-21)13-14-27)7-5-11-25-12-6-8-24(25)28;1-5-6-10-13(4)11-8-7-9-12(2)3;1-5-2(3)4/h9-10,14,16,21-22H,3-8,11-13,15,17-18H2,1-2H3;5-11H2,1-4H3;1H3,(H,3,4). The maximum Gasteiger partial charge on any atom is 0.364 e. The predicted octanol–water partition coefficient (Wildman–Crippen LogP) is 7.02. The number of aldehydes is 1. The van der Waals surface area contributed by atoms with E-state index in [4.69, 9.17) is 9.84 Å². The van der Waals surface area contributed by atoms with Crippen molar-refractivity contribution in [1.82, 2.24) is 19.6 Å². The van der Waals surface area contributed by atoms with Crippen LogP contribution in [0.3, 0.4) is 0 Å². The first-order valence-corrected chi connectivity index (χ1v) is 19.1. The minimum absolute atomic E-state index is 0.302. The molecule has 2 unspecified atom stereocenters. The summed E-state index contributed by atoms with van der Waals surface area (Å²) in [6, 6.07) is 6.99. The van der Waals surface area contributed by atoms with Gasteiger partial charge >= 0.3 is 5.30 Å². The van der Waals surface area contributed by atoms with E-state index in [2.05, 4.69) is 74.8 Å².